The number of carbonyl (C=O) groups is 3. The van der Waals surface area contributed by atoms with Gasteiger partial charge in [0.2, 0.25) is 11.8 Å². The van der Waals surface area contributed by atoms with Crippen LogP contribution in [0.3, 0.4) is 0 Å². The minimum atomic E-state index is -0.851. The second-order valence-corrected chi connectivity index (χ2v) is 10.2. The number of rotatable bonds is 3. The van der Waals surface area contributed by atoms with Crippen LogP contribution in [0.2, 0.25) is 0 Å². The molecule has 0 aliphatic carbocycles. The lowest BCUT2D eigenvalue weighted by Crippen LogP contribution is -2.44. The van der Waals surface area contributed by atoms with Gasteiger partial charge in [-0.1, -0.05) is 0 Å². The van der Waals surface area contributed by atoms with Gasteiger partial charge in [-0.05, 0) is 64.0 Å². The van der Waals surface area contributed by atoms with Gasteiger partial charge in [-0.3, -0.25) is 24.0 Å². The summed E-state index contributed by atoms with van der Waals surface area (Å²) in [6.45, 7) is 6.59. The number of aryl methyl sites for hydroxylation is 1. The molecule has 2 aliphatic rings. The summed E-state index contributed by atoms with van der Waals surface area (Å²) in [5.74, 6) is -1.17. The second kappa shape index (κ2) is 8.88. The van der Waals surface area contributed by atoms with Crippen LogP contribution in [-0.2, 0) is 27.8 Å². The molecule has 0 bridgehead atoms. The molecule has 3 heterocycles. The Hall–Kier alpha value is -3.17. The number of nitrogens with one attached hydrogen (secondary N) is 1. The molecule has 3 amide bonds. The molecule has 1 unspecified atom stereocenters. The predicted molar refractivity (Wildman–Crippen MR) is 123 cm³/mol. The van der Waals surface area contributed by atoms with Crippen molar-refractivity contribution in [2.24, 2.45) is 13.0 Å². The number of amides is 3. The van der Waals surface area contributed by atoms with Crippen molar-refractivity contribution in [2.45, 2.75) is 64.5 Å². The number of imide groups is 1. The van der Waals surface area contributed by atoms with Crippen LogP contribution in [0.25, 0.3) is 11.0 Å². The molecule has 9 nitrogen and oxygen atoms in total. The highest BCUT2D eigenvalue weighted by Crippen LogP contribution is 2.29. The molecule has 1 N–H and O–H groups in total. The monoisotopic (exact) mass is 474 g/mol. The fourth-order valence-electron chi connectivity index (χ4n) is 4.77. The number of nitrogens with zero attached hydrogens (tertiary/aromatic N) is 3. The SMILES string of the molecule is Cn1c(=O)n(C2CCC(=O)NC2=O)c2cc(F)c(CC3CCN(C(=O)OC(C)(C)C)CC3)cc21. The number of hydrogen-bond acceptors (Lipinski definition) is 5. The summed E-state index contributed by atoms with van der Waals surface area (Å²) in [7, 11) is 1.59. The third-order valence-corrected chi connectivity index (χ3v) is 6.55. The maximum atomic E-state index is 15.1. The molecule has 2 aromatic rings. The van der Waals surface area contributed by atoms with Crippen molar-refractivity contribution in [1.29, 1.82) is 0 Å². The maximum Gasteiger partial charge on any atom is 0.410 e. The van der Waals surface area contributed by atoms with E-state index in [0.29, 0.717) is 36.1 Å². The van der Waals surface area contributed by atoms with E-state index in [4.69, 9.17) is 4.74 Å². The molecule has 2 saturated heterocycles. The number of ether oxygens (including phenoxy) is 1. The Morgan fingerprint density at radius 2 is 1.79 bits per heavy atom. The van der Waals surface area contributed by atoms with Crippen LogP contribution < -0.4 is 11.0 Å². The Labute approximate surface area is 196 Å². The first-order valence-electron chi connectivity index (χ1n) is 11.7. The van der Waals surface area contributed by atoms with E-state index in [-0.39, 0.29) is 30.8 Å². The molecule has 1 aromatic carbocycles. The van der Waals surface area contributed by atoms with Gasteiger partial charge in [0.05, 0.1) is 11.0 Å². The normalized spacial score (nSPS) is 20.0. The summed E-state index contributed by atoms with van der Waals surface area (Å²) in [6, 6.07) is 2.14. The van der Waals surface area contributed by atoms with Gasteiger partial charge in [0.15, 0.2) is 0 Å². The molecule has 10 heteroatoms. The van der Waals surface area contributed by atoms with Gasteiger partial charge in [-0.25, -0.2) is 14.0 Å². The minimum Gasteiger partial charge on any atom is -0.444 e. The third kappa shape index (κ3) is 4.71. The van der Waals surface area contributed by atoms with E-state index in [9.17, 15) is 19.2 Å². The number of carbonyl (C=O) groups excluding carboxylic acids is 3. The van der Waals surface area contributed by atoms with Crippen LogP contribution in [0.15, 0.2) is 16.9 Å². The highest BCUT2D eigenvalue weighted by Gasteiger charge is 2.32. The number of halogens is 1. The zero-order valence-electron chi connectivity index (χ0n) is 20.0. The van der Waals surface area contributed by atoms with E-state index in [1.165, 1.54) is 15.2 Å². The standard InChI is InChI=1S/C24H31FN4O5/c1-24(2,3)34-23(33)28-9-7-14(8-10-28)11-15-12-18-19(13-16(15)25)29(22(32)27(18)4)17-5-6-20(30)26-21(17)31/h12-14,17H,5-11H2,1-4H3,(H,26,30,31). The highest BCUT2D eigenvalue weighted by atomic mass is 19.1. The fourth-order valence-corrected chi connectivity index (χ4v) is 4.77. The Balaban J connectivity index is 1.52. The quantitative estimate of drug-likeness (QED) is 0.689. The molecule has 1 aromatic heterocycles. The molecular formula is C24H31FN4O5. The first kappa shape index (κ1) is 24.0. The Morgan fingerprint density at radius 1 is 1.12 bits per heavy atom. The lowest BCUT2D eigenvalue weighted by Gasteiger charge is -2.33. The van der Waals surface area contributed by atoms with Crippen LogP contribution in [-0.4, -0.2) is 50.6 Å². The van der Waals surface area contributed by atoms with E-state index in [0.717, 1.165) is 12.8 Å². The topological polar surface area (TPSA) is 103 Å². The summed E-state index contributed by atoms with van der Waals surface area (Å²) in [5.41, 5.74) is 0.401. The molecule has 1 atom stereocenters. The summed E-state index contributed by atoms with van der Waals surface area (Å²) in [4.78, 5) is 50.7. The molecular weight excluding hydrogens is 443 g/mol. The van der Waals surface area contributed by atoms with Crippen LogP contribution in [0.1, 0.15) is 58.1 Å². The third-order valence-electron chi connectivity index (χ3n) is 6.55. The van der Waals surface area contributed by atoms with E-state index in [2.05, 4.69) is 5.32 Å². The van der Waals surface area contributed by atoms with Crippen LogP contribution >= 0.6 is 0 Å². The number of imidazole rings is 1. The van der Waals surface area contributed by atoms with E-state index < -0.39 is 29.1 Å². The molecule has 184 valence electrons. The number of benzene rings is 1. The van der Waals surface area contributed by atoms with Crippen molar-refractivity contribution in [3.05, 3.63) is 34.0 Å². The smallest absolute Gasteiger partial charge is 0.410 e. The highest BCUT2D eigenvalue weighted by molar-refractivity contribution is 6.00. The van der Waals surface area contributed by atoms with Crippen molar-refractivity contribution in [1.82, 2.24) is 19.4 Å². The van der Waals surface area contributed by atoms with Gasteiger partial charge in [-0.2, -0.15) is 0 Å². The Kier molecular flexibility index (Phi) is 6.26. The van der Waals surface area contributed by atoms with E-state index >= 15 is 4.39 Å². The number of hydrogen-bond donors (Lipinski definition) is 1. The zero-order chi connectivity index (χ0) is 24.8. The van der Waals surface area contributed by atoms with Crippen molar-refractivity contribution in [3.8, 4) is 0 Å². The summed E-state index contributed by atoms with van der Waals surface area (Å²) in [6.07, 6.45) is 1.94. The van der Waals surface area contributed by atoms with Gasteiger partial charge >= 0.3 is 11.8 Å². The molecule has 2 fully saturated rings. The summed E-state index contributed by atoms with van der Waals surface area (Å²) in [5, 5.41) is 2.26. The Morgan fingerprint density at radius 3 is 2.41 bits per heavy atom. The fraction of sp³-hybridized carbons (Fsp3) is 0.583. The first-order chi connectivity index (χ1) is 15.9. The summed E-state index contributed by atoms with van der Waals surface area (Å²) < 4.78 is 23.3. The van der Waals surface area contributed by atoms with Crippen molar-refractivity contribution >= 4 is 28.9 Å². The van der Waals surface area contributed by atoms with Crippen LogP contribution in [0.4, 0.5) is 9.18 Å². The van der Waals surface area contributed by atoms with Gasteiger partial charge in [0.25, 0.3) is 0 Å². The summed E-state index contributed by atoms with van der Waals surface area (Å²) >= 11 is 0. The number of aromatic nitrogens is 2. The van der Waals surface area contributed by atoms with Gasteiger partial charge in [0.1, 0.15) is 17.5 Å². The number of likely N-dealkylation sites (tertiary alicyclic amines) is 1. The van der Waals surface area contributed by atoms with Crippen molar-refractivity contribution in [2.75, 3.05) is 13.1 Å². The van der Waals surface area contributed by atoms with E-state index in [1.54, 1.807) is 18.0 Å². The van der Waals surface area contributed by atoms with Gasteiger partial charge in [0, 0.05) is 32.6 Å². The molecule has 2 aliphatic heterocycles. The largest absolute Gasteiger partial charge is 0.444 e. The van der Waals surface area contributed by atoms with Crippen LogP contribution in [0.5, 0.6) is 0 Å². The minimum absolute atomic E-state index is 0.127. The molecule has 4 rings (SSSR count). The molecule has 0 radical (unpaired) electrons. The number of piperidine rings is 2. The van der Waals surface area contributed by atoms with Crippen molar-refractivity contribution in [3.63, 3.8) is 0 Å². The van der Waals surface area contributed by atoms with Crippen LogP contribution in [0, 0.1) is 11.7 Å². The average molecular weight is 475 g/mol. The lowest BCUT2D eigenvalue weighted by molar-refractivity contribution is -0.135. The predicted octanol–water partition coefficient (Wildman–Crippen LogP) is 2.65. The van der Waals surface area contributed by atoms with E-state index in [1.807, 2.05) is 20.8 Å². The molecule has 0 saturated carbocycles. The van der Waals surface area contributed by atoms with Crippen molar-refractivity contribution < 1.29 is 23.5 Å². The second-order valence-electron chi connectivity index (χ2n) is 10.2. The lowest BCUT2D eigenvalue weighted by atomic mass is 9.90. The Bertz CT molecular complexity index is 1200. The first-order valence-corrected chi connectivity index (χ1v) is 11.7. The zero-order valence-corrected chi connectivity index (χ0v) is 20.0. The number of fused-ring (bicyclic) bond motifs is 1. The average Bonchev–Trinajstić information content (AvgIpc) is 2.98. The molecule has 0 spiro atoms. The molecule has 34 heavy (non-hydrogen) atoms. The van der Waals surface area contributed by atoms with Gasteiger partial charge < -0.3 is 9.64 Å². The van der Waals surface area contributed by atoms with Gasteiger partial charge in [-0.15, -0.1) is 0 Å². The maximum absolute atomic E-state index is 15.1.